The molecule has 2 heterocycles. The predicted molar refractivity (Wildman–Crippen MR) is 152 cm³/mol. The number of aromatic nitrogens is 3. The van der Waals surface area contributed by atoms with Gasteiger partial charge in [0.2, 0.25) is 5.88 Å². The number of benzene rings is 1. The molecular weight excluding hydrogens is 536 g/mol. The number of Topliss-reactive ketones (excluding diaryl/α,β-unsaturated/α-hetero) is 1. The van der Waals surface area contributed by atoms with Crippen molar-refractivity contribution in [3.05, 3.63) is 59.0 Å². The molecule has 0 bridgehead atoms. The Bertz CT molecular complexity index is 1510. The largest absolute Gasteiger partial charge is 0.476 e. The minimum atomic E-state index is -3.67. The van der Waals surface area contributed by atoms with Crippen molar-refractivity contribution >= 4 is 33.2 Å². The summed E-state index contributed by atoms with van der Waals surface area (Å²) in [7, 11) is 0.282. The SMILES string of the molecule is CS(=O)(=O)O.Cc1nn(-c2ccc(C(N)=O)c(Nc3ccnc(OCCN(C)C)c3)c2)c2c1C(=O)CC(C)(C)C2. The van der Waals surface area contributed by atoms with Crippen molar-refractivity contribution < 1.29 is 27.3 Å². The summed E-state index contributed by atoms with van der Waals surface area (Å²) in [6.07, 6.45) is 3.59. The predicted octanol–water partition coefficient (Wildman–Crippen LogP) is 3.02. The third kappa shape index (κ3) is 8.34. The third-order valence-electron chi connectivity index (χ3n) is 6.04. The normalized spacial score (nSPS) is 14.2. The summed E-state index contributed by atoms with van der Waals surface area (Å²) in [4.78, 5) is 31.3. The van der Waals surface area contributed by atoms with Gasteiger partial charge in [0.15, 0.2) is 5.78 Å². The number of fused-ring (bicyclic) bond motifs is 1. The molecule has 1 aliphatic rings. The molecule has 4 N–H and O–H groups in total. The van der Waals surface area contributed by atoms with Gasteiger partial charge in [0.1, 0.15) is 6.61 Å². The van der Waals surface area contributed by atoms with Gasteiger partial charge in [-0.3, -0.25) is 14.1 Å². The van der Waals surface area contributed by atoms with Gasteiger partial charge in [0.05, 0.1) is 40.1 Å². The van der Waals surface area contributed by atoms with E-state index in [1.165, 1.54) is 0 Å². The first-order chi connectivity index (χ1) is 18.5. The van der Waals surface area contributed by atoms with Gasteiger partial charge in [-0.2, -0.15) is 13.5 Å². The standard InChI is InChI=1S/C26H32N6O3.CH4O3S/c1-16-24-21(14-26(2,3)15-22(24)33)32(30-16)18-6-7-19(25(27)34)20(13-18)29-17-8-9-28-23(12-17)35-11-10-31(4)5;1-5(2,3)4/h6-9,12-13H,10-11,14-15H2,1-5H3,(H2,27,34)(H,28,29);1H3,(H,2,3,4). The van der Waals surface area contributed by atoms with Crippen molar-refractivity contribution in [2.24, 2.45) is 11.1 Å². The van der Waals surface area contributed by atoms with Gasteiger partial charge in [-0.05, 0) is 57.1 Å². The first kappa shape index (κ1) is 30.7. The van der Waals surface area contributed by atoms with Gasteiger partial charge >= 0.3 is 0 Å². The first-order valence-corrected chi connectivity index (χ1v) is 14.4. The molecule has 1 aliphatic carbocycles. The molecule has 0 spiro atoms. The minimum absolute atomic E-state index is 0.116. The van der Waals surface area contributed by atoms with E-state index in [0.29, 0.717) is 53.4 Å². The second kappa shape index (κ2) is 12.1. The number of anilines is 2. The van der Waals surface area contributed by atoms with Crippen LogP contribution in [0.2, 0.25) is 0 Å². The Morgan fingerprint density at radius 3 is 2.52 bits per heavy atom. The maximum Gasteiger partial charge on any atom is 0.261 e. The zero-order valence-electron chi connectivity index (χ0n) is 23.6. The highest BCUT2D eigenvalue weighted by Crippen LogP contribution is 2.37. The van der Waals surface area contributed by atoms with Crippen molar-refractivity contribution in [3.8, 4) is 11.6 Å². The van der Waals surface area contributed by atoms with Crippen LogP contribution in [0, 0.1) is 12.3 Å². The number of likely N-dealkylation sites (N-methyl/N-ethyl adjacent to an activating group) is 1. The van der Waals surface area contributed by atoms with Crippen molar-refractivity contribution in [2.75, 3.05) is 38.8 Å². The smallest absolute Gasteiger partial charge is 0.261 e. The Morgan fingerprint density at radius 1 is 1.23 bits per heavy atom. The zero-order valence-corrected chi connectivity index (χ0v) is 24.4. The van der Waals surface area contributed by atoms with Crippen LogP contribution in [0.1, 0.15) is 52.4 Å². The summed E-state index contributed by atoms with van der Waals surface area (Å²) in [5.74, 6) is 0.0439. The van der Waals surface area contributed by atoms with Crippen molar-refractivity contribution in [3.63, 3.8) is 0 Å². The van der Waals surface area contributed by atoms with Gasteiger partial charge in [0, 0.05) is 30.9 Å². The number of carbonyl (C=O) groups is 2. The molecule has 0 unspecified atom stereocenters. The van der Waals surface area contributed by atoms with Gasteiger partial charge in [-0.1, -0.05) is 13.8 Å². The lowest BCUT2D eigenvalue weighted by atomic mass is 9.75. The minimum Gasteiger partial charge on any atom is -0.476 e. The number of nitrogens with one attached hydrogen (secondary N) is 1. The second-order valence-corrected chi connectivity index (χ2v) is 12.2. The molecule has 0 saturated heterocycles. The van der Waals surface area contributed by atoms with E-state index in [1.54, 1.807) is 30.5 Å². The van der Waals surface area contributed by atoms with Gasteiger partial charge in [0.25, 0.3) is 16.0 Å². The van der Waals surface area contributed by atoms with E-state index in [2.05, 4.69) is 29.2 Å². The van der Waals surface area contributed by atoms with Crippen molar-refractivity contribution in [2.45, 2.75) is 33.6 Å². The third-order valence-corrected chi connectivity index (χ3v) is 6.04. The Labute approximate surface area is 234 Å². The van der Waals surface area contributed by atoms with Crippen molar-refractivity contribution in [1.29, 1.82) is 0 Å². The van der Waals surface area contributed by atoms with E-state index in [1.807, 2.05) is 36.7 Å². The number of pyridine rings is 1. The number of hydrogen-bond acceptors (Lipinski definition) is 9. The van der Waals surface area contributed by atoms with Crippen LogP contribution in [0.15, 0.2) is 36.5 Å². The summed E-state index contributed by atoms with van der Waals surface area (Å²) in [6.45, 7) is 7.30. The van der Waals surface area contributed by atoms with Crippen LogP contribution in [-0.4, -0.2) is 77.8 Å². The molecule has 12 nitrogen and oxygen atoms in total. The van der Waals surface area contributed by atoms with E-state index < -0.39 is 16.0 Å². The summed E-state index contributed by atoms with van der Waals surface area (Å²) < 4.78 is 33.4. The summed E-state index contributed by atoms with van der Waals surface area (Å²) in [5.41, 5.74) is 10.1. The van der Waals surface area contributed by atoms with E-state index in [0.717, 1.165) is 24.3 Å². The molecule has 2 aromatic heterocycles. The van der Waals surface area contributed by atoms with Crippen molar-refractivity contribution in [1.82, 2.24) is 19.7 Å². The monoisotopic (exact) mass is 572 g/mol. The highest BCUT2D eigenvalue weighted by molar-refractivity contribution is 7.85. The summed E-state index contributed by atoms with van der Waals surface area (Å²) in [6, 6.07) is 8.86. The number of ketones is 1. The maximum absolute atomic E-state index is 12.8. The highest BCUT2D eigenvalue weighted by atomic mass is 32.2. The van der Waals surface area contributed by atoms with Gasteiger partial charge in [-0.15, -0.1) is 0 Å². The molecule has 1 aromatic carbocycles. The van der Waals surface area contributed by atoms with Crippen LogP contribution in [0.25, 0.3) is 5.69 Å². The van der Waals surface area contributed by atoms with Crippen LogP contribution < -0.4 is 15.8 Å². The number of rotatable bonds is 8. The first-order valence-electron chi connectivity index (χ1n) is 12.5. The fraction of sp³-hybridized carbons (Fsp3) is 0.407. The lowest BCUT2D eigenvalue weighted by Gasteiger charge is -2.29. The lowest BCUT2D eigenvalue weighted by molar-refractivity contribution is 0.0909. The molecule has 0 atom stereocenters. The Morgan fingerprint density at radius 2 is 1.90 bits per heavy atom. The second-order valence-electron chi connectivity index (χ2n) is 10.7. The number of hydrogen-bond donors (Lipinski definition) is 3. The number of nitrogens with two attached hydrogens (primary N) is 1. The van der Waals surface area contributed by atoms with E-state index in [4.69, 9.17) is 15.0 Å². The van der Waals surface area contributed by atoms with E-state index in [9.17, 15) is 18.0 Å². The molecule has 0 saturated carbocycles. The van der Waals surface area contributed by atoms with Crippen LogP contribution >= 0.6 is 0 Å². The average Bonchev–Trinajstić information content (AvgIpc) is 3.13. The Kier molecular flexibility index (Phi) is 9.33. The molecule has 0 aliphatic heterocycles. The fourth-order valence-electron chi connectivity index (χ4n) is 4.39. The number of ether oxygens (including phenoxy) is 1. The molecule has 0 fully saturated rings. The number of amides is 1. The summed E-state index contributed by atoms with van der Waals surface area (Å²) >= 11 is 0. The number of primary amides is 1. The molecule has 4 rings (SSSR count). The summed E-state index contributed by atoms with van der Waals surface area (Å²) in [5, 5.41) is 7.96. The Hall–Kier alpha value is -3.81. The molecule has 1 amide bonds. The van der Waals surface area contributed by atoms with Crippen LogP contribution in [0.5, 0.6) is 5.88 Å². The number of nitrogens with zero attached hydrogens (tertiary/aromatic N) is 4. The van der Waals surface area contributed by atoms with E-state index in [-0.39, 0.29) is 11.2 Å². The molecular formula is C27H36N6O6S. The quantitative estimate of drug-likeness (QED) is 0.341. The van der Waals surface area contributed by atoms with Crippen LogP contribution in [0.3, 0.4) is 0 Å². The molecule has 216 valence electrons. The highest BCUT2D eigenvalue weighted by Gasteiger charge is 2.35. The topological polar surface area (TPSA) is 170 Å². The molecule has 0 radical (unpaired) electrons. The molecule has 40 heavy (non-hydrogen) atoms. The lowest BCUT2D eigenvalue weighted by Crippen LogP contribution is -2.28. The van der Waals surface area contributed by atoms with Crippen LogP contribution in [0.4, 0.5) is 11.4 Å². The number of carbonyl (C=O) groups excluding carboxylic acids is 2. The molecule has 13 heteroatoms. The maximum atomic E-state index is 12.8. The van der Waals surface area contributed by atoms with Crippen LogP contribution in [-0.2, 0) is 16.5 Å². The fourth-order valence-corrected chi connectivity index (χ4v) is 4.39. The average molecular weight is 573 g/mol. The van der Waals surface area contributed by atoms with Gasteiger partial charge in [-0.25, -0.2) is 9.67 Å². The number of aryl methyl sites for hydroxylation is 1. The molecule has 3 aromatic rings. The van der Waals surface area contributed by atoms with E-state index >= 15 is 0 Å². The Balaban J connectivity index is 0.000000810. The van der Waals surface area contributed by atoms with Gasteiger partial charge < -0.3 is 20.7 Å². The zero-order chi connectivity index (χ0) is 29.8.